The summed E-state index contributed by atoms with van der Waals surface area (Å²) < 4.78 is 11.2. The monoisotopic (exact) mass is 738 g/mol. The van der Waals surface area contributed by atoms with Crippen LogP contribution in [0.3, 0.4) is 0 Å². The van der Waals surface area contributed by atoms with Crippen molar-refractivity contribution < 1.29 is 39.8 Å². The summed E-state index contributed by atoms with van der Waals surface area (Å²) >= 11 is 0. The molecule has 0 aromatic rings. The quantitative estimate of drug-likeness (QED) is 0.0287. The Bertz CT molecular complexity index is 910. The first-order valence-electron chi connectivity index (χ1n) is 21.2. The maximum Gasteiger partial charge on any atom is 0.220 e. The van der Waals surface area contributed by atoms with Crippen molar-refractivity contribution in [3.8, 4) is 0 Å². The molecular weight excluding hydrogens is 658 g/mol. The van der Waals surface area contributed by atoms with Gasteiger partial charge in [0, 0.05) is 6.42 Å². The van der Waals surface area contributed by atoms with Gasteiger partial charge in [-0.25, -0.2) is 0 Å². The molecule has 0 saturated carbocycles. The number of carbonyl (C=O) groups excluding carboxylic acids is 1. The van der Waals surface area contributed by atoms with E-state index in [1.807, 2.05) is 6.08 Å². The van der Waals surface area contributed by atoms with E-state index in [-0.39, 0.29) is 12.5 Å². The van der Waals surface area contributed by atoms with Crippen LogP contribution >= 0.6 is 0 Å². The minimum Gasteiger partial charge on any atom is -0.394 e. The molecule has 1 fully saturated rings. The molecule has 0 aliphatic carbocycles. The number of aliphatic hydroxyl groups is 5. The summed E-state index contributed by atoms with van der Waals surface area (Å²) in [6, 6.07) is -0.820. The van der Waals surface area contributed by atoms with Crippen molar-refractivity contribution in [3.63, 3.8) is 0 Å². The predicted octanol–water partition coefficient (Wildman–Crippen LogP) is 8.11. The number of nitrogens with one attached hydrogen (secondary N) is 1. The van der Waals surface area contributed by atoms with Crippen LogP contribution in [0.4, 0.5) is 0 Å². The Morgan fingerprint density at radius 2 is 1.10 bits per heavy atom. The van der Waals surface area contributed by atoms with Crippen LogP contribution in [0.1, 0.15) is 174 Å². The Kier molecular flexibility index (Phi) is 31.6. The van der Waals surface area contributed by atoms with E-state index in [1.165, 1.54) is 103 Å². The molecule has 1 aliphatic heterocycles. The van der Waals surface area contributed by atoms with E-state index >= 15 is 0 Å². The maximum atomic E-state index is 12.9. The molecule has 0 bridgehead atoms. The second kappa shape index (κ2) is 33.9. The van der Waals surface area contributed by atoms with Gasteiger partial charge >= 0.3 is 0 Å². The molecule has 1 heterocycles. The summed E-state index contributed by atoms with van der Waals surface area (Å²) in [5.41, 5.74) is 0. The highest BCUT2D eigenvalue weighted by Gasteiger charge is 2.44. The smallest absolute Gasteiger partial charge is 0.220 e. The third kappa shape index (κ3) is 24.7. The van der Waals surface area contributed by atoms with Crippen molar-refractivity contribution in [3.05, 3.63) is 36.5 Å². The van der Waals surface area contributed by atoms with E-state index in [0.717, 1.165) is 51.4 Å². The first kappa shape index (κ1) is 48.4. The van der Waals surface area contributed by atoms with Gasteiger partial charge in [0.2, 0.25) is 5.91 Å². The molecule has 7 unspecified atom stereocenters. The molecular formula is C43H79NO8. The molecule has 1 amide bonds. The number of ether oxygens (including phenoxy) is 2. The number of hydrogen-bond acceptors (Lipinski definition) is 8. The van der Waals surface area contributed by atoms with Crippen LogP contribution in [0.5, 0.6) is 0 Å². The first-order chi connectivity index (χ1) is 25.3. The first-order valence-corrected chi connectivity index (χ1v) is 21.2. The predicted molar refractivity (Wildman–Crippen MR) is 212 cm³/mol. The minimum atomic E-state index is -1.57. The molecule has 1 aliphatic rings. The summed E-state index contributed by atoms with van der Waals surface area (Å²) in [5.74, 6) is -0.194. The van der Waals surface area contributed by atoms with Crippen molar-refractivity contribution in [1.82, 2.24) is 5.32 Å². The molecule has 0 spiro atoms. The number of aliphatic hydroxyl groups excluding tert-OH is 5. The summed E-state index contributed by atoms with van der Waals surface area (Å²) in [5, 5.41) is 54.0. The van der Waals surface area contributed by atoms with Crippen molar-refractivity contribution >= 4 is 5.91 Å². The molecule has 1 saturated heterocycles. The van der Waals surface area contributed by atoms with E-state index in [4.69, 9.17) is 9.47 Å². The Labute approximate surface area is 317 Å². The van der Waals surface area contributed by atoms with E-state index in [0.29, 0.717) is 6.42 Å². The van der Waals surface area contributed by atoms with E-state index < -0.39 is 49.5 Å². The molecule has 9 heteroatoms. The summed E-state index contributed by atoms with van der Waals surface area (Å²) in [7, 11) is 0. The van der Waals surface area contributed by atoms with Crippen LogP contribution in [-0.2, 0) is 14.3 Å². The van der Waals surface area contributed by atoms with Crippen LogP contribution < -0.4 is 5.32 Å². The molecule has 9 nitrogen and oxygen atoms in total. The second-order valence-electron chi connectivity index (χ2n) is 14.8. The molecule has 0 radical (unpaired) electrons. The van der Waals surface area contributed by atoms with Gasteiger partial charge in [0.25, 0.3) is 0 Å². The fourth-order valence-corrected chi connectivity index (χ4v) is 6.46. The zero-order valence-corrected chi connectivity index (χ0v) is 33.1. The SMILES string of the molecule is CCCCCC/C=C\CCCCCCCCCC(=O)NC(COC1OC(CO)C(O)C(O)C1O)C(O)/C=C/CC/C=C/CCCCCCCCCC. The number of carbonyl (C=O) groups is 1. The molecule has 7 atom stereocenters. The normalized spacial score (nSPS) is 22.2. The van der Waals surface area contributed by atoms with Gasteiger partial charge in [-0.05, 0) is 57.8 Å². The fourth-order valence-electron chi connectivity index (χ4n) is 6.46. The number of allylic oxidation sites excluding steroid dienone is 5. The van der Waals surface area contributed by atoms with Crippen LogP contribution in [0, 0.1) is 0 Å². The van der Waals surface area contributed by atoms with Gasteiger partial charge in [-0.2, -0.15) is 0 Å². The molecule has 304 valence electrons. The summed E-state index contributed by atoms with van der Waals surface area (Å²) in [6.45, 7) is 3.72. The Balaban J connectivity index is 2.44. The lowest BCUT2D eigenvalue weighted by atomic mass is 9.99. The average Bonchev–Trinajstić information content (AvgIpc) is 3.14. The third-order valence-electron chi connectivity index (χ3n) is 9.94. The number of rotatable bonds is 34. The van der Waals surface area contributed by atoms with E-state index in [1.54, 1.807) is 6.08 Å². The van der Waals surface area contributed by atoms with Crippen LogP contribution in [0.25, 0.3) is 0 Å². The summed E-state index contributed by atoms with van der Waals surface area (Å²) in [4.78, 5) is 12.9. The molecule has 52 heavy (non-hydrogen) atoms. The highest BCUT2D eigenvalue weighted by molar-refractivity contribution is 5.76. The molecule has 1 rings (SSSR count). The molecule has 0 aromatic heterocycles. The van der Waals surface area contributed by atoms with Gasteiger partial charge in [-0.15, -0.1) is 0 Å². The van der Waals surface area contributed by atoms with Crippen LogP contribution in [0.15, 0.2) is 36.5 Å². The standard InChI is InChI=1S/C43H79NO8/c1-3-5-7-9-11-13-15-17-19-21-23-25-27-29-31-33-39(47)44-36(35-51-43-42(50)41(49)40(48)38(34-45)52-43)37(46)32-30-28-26-24-22-20-18-16-14-12-10-8-6-4-2/h13,15,22,24,30,32,36-38,40-43,45-46,48-50H,3-12,14,16-21,23,25-29,31,33-35H2,1-2H3,(H,44,47)/b15-13-,24-22+,32-30+. The maximum absolute atomic E-state index is 12.9. The van der Waals surface area contributed by atoms with Gasteiger partial charge in [0.1, 0.15) is 24.4 Å². The van der Waals surface area contributed by atoms with Gasteiger partial charge in [0.15, 0.2) is 6.29 Å². The van der Waals surface area contributed by atoms with E-state index in [2.05, 4.69) is 43.5 Å². The zero-order valence-electron chi connectivity index (χ0n) is 33.1. The number of hydrogen-bond donors (Lipinski definition) is 6. The van der Waals surface area contributed by atoms with Crippen LogP contribution in [-0.4, -0.2) is 87.5 Å². The van der Waals surface area contributed by atoms with Gasteiger partial charge in [0.05, 0.1) is 25.4 Å². The molecule has 0 aromatic carbocycles. The minimum absolute atomic E-state index is 0.194. The largest absolute Gasteiger partial charge is 0.394 e. The highest BCUT2D eigenvalue weighted by atomic mass is 16.7. The highest BCUT2D eigenvalue weighted by Crippen LogP contribution is 2.22. The topological polar surface area (TPSA) is 149 Å². The fraction of sp³-hybridized carbons (Fsp3) is 0.837. The van der Waals surface area contributed by atoms with Crippen molar-refractivity contribution in [2.75, 3.05) is 13.2 Å². The van der Waals surface area contributed by atoms with E-state index in [9.17, 15) is 30.3 Å². The van der Waals surface area contributed by atoms with Crippen molar-refractivity contribution in [2.24, 2.45) is 0 Å². The lowest BCUT2D eigenvalue weighted by Crippen LogP contribution is -2.60. The van der Waals surface area contributed by atoms with Gasteiger partial charge in [-0.3, -0.25) is 4.79 Å². The van der Waals surface area contributed by atoms with Crippen LogP contribution in [0.2, 0.25) is 0 Å². The van der Waals surface area contributed by atoms with Crippen molar-refractivity contribution in [2.45, 2.75) is 217 Å². The van der Waals surface area contributed by atoms with Crippen molar-refractivity contribution in [1.29, 1.82) is 0 Å². The zero-order chi connectivity index (χ0) is 38.1. The lowest BCUT2D eigenvalue weighted by Gasteiger charge is -2.40. The number of amides is 1. The average molecular weight is 738 g/mol. The van der Waals surface area contributed by atoms with Gasteiger partial charge < -0.3 is 40.3 Å². The molecule has 6 N–H and O–H groups in total. The number of unbranched alkanes of at least 4 members (excludes halogenated alkanes) is 20. The Morgan fingerprint density at radius 1 is 0.635 bits per heavy atom. The summed E-state index contributed by atoms with van der Waals surface area (Å²) in [6.07, 6.45) is 33.2. The second-order valence-corrected chi connectivity index (χ2v) is 14.8. The third-order valence-corrected chi connectivity index (χ3v) is 9.94. The Morgan fingerprint density at radius 3 is 1.63 bits per heavy atom. The van der Waals surface area contributed by atoms with Gasteiger partial charge in [-0.1, -0.05) is 147 Å². The lowest BCUT2D eigenvalue weighted by molar-refractivity contribution is -0.302. The Hall–Kier alpha value is -1.59.